The monoisotopic (exact) mass is 269 g/mol. The molecular weight excluding hydrogens is 242 g/mol. The van der Waals surface area contributed by atoms with Gasteiger partial charge in [-0.2, -0.15) is 0 Å². The number of benzene rings is 1. The van der Waals surface area contributed by atoms with E-state index in [-0.39, 0.29) is 5.79 Å². The Labute approximate surface area is 116 Å². The highest BCUT2D eigenvalue weighted by molar-refractivity contribution is 5.43. The summed E-state index contributed by atoms with van der Waals surface area (Å²) in [5, 5.41) is 0. The lowest BCUT2D eigenvalue weighted by atomic mass is 10.3. The molecule has 0 unspecified atom stereocenters. The smallest absolute Gasteiger partial charge is 0.162 e. The van der Waals surface area contributed by atoms with E-state index < -0.39 is 0 Å². The lowest BCUT2D eigenvalue weighted by Crippen LogP contribution is -2.18. The fourth-order valence-corrected chi connectivity index (χ4v) is 1.39. The second-order valence-electron chi connectivity index (χ2n) is 4.10. The van der Waals surface area contributed by atoms with Gasteiger partial charge in [0.2, 0.25) is 0 Å². The fraction of sp³-hybridized carbons (Fsp3) is 0.600. The molecule has 0 aromatic heterocycles. The lowest BCUT2D eigenvalue weighted by molar-refractivity contribution is -0.125. The maximum atomic E-state index is 5.51. The van der Waals surface area contributed by atoms with E-state index in [4.69, 9.17) is 19.9 Å². The Balaban J connectivity index is 0.000000316. The van der Waals surface area contributed by atoms with E-state index in [9.17, 15) is 0 Å². The highest BCUT2D eigenvalue weighted by Crippen LogP contribution is 2.15. The molecule has 4 nitrogen and oxygen atoms in total. The first-order valence-electron chi connectivity index (χ1n) is 6.80. The maximum Gasteiger partial charge on any atom is 0.162 e. The first-order valence-corrected chi connectivity index (χ1v) is 6.80. The SMILES string of the molecule is CC.CC1(C)OCCO1.CCOc1cccc(N)c1. The zero-order chi connectivity index (χ0) is 14.7. The van der Waals surface area contributed by atoms with E-state index in [0.29, 0.717) is 6.61 Å². The van der Waals surface area contributed by atoms with Crippen molar-refractivity contribution in [3.05, 3.63) is 24.3 Å². The molecule has 1 aliphatic heterocycles. The van der Waals surface area contributed by atoms with Gasteiger partial charge < -0.3 is 19.9 Å². The van der Waals surface area contributed by atoms with Gasteiger partial charge in [-0.25, -0.2) is 0 Å². The van der Waals surface area contributed by atoms with Gasteiger partial charge in [-0.15, -0.1) is 0 Å². The zero-order valence-corrected chi connectivity index (χ0v) is 12.7. The van der Waals surface area contributed by atoms with Gasteiger partial charge in [0.15, 0.2) is 5.79 Å². The molecule has 0 bridgehead atoms. The first kappa shape index (κ1) is 17.7. The van der Waals surface area contributed by atoms with E-state index in [1.54, 1.807) is 0 Å². The summed E-state index contributed by atoms with van der Waals surface area (Å²) < 4.78 is 15.4. The van der Waals surface area contributed by atoms with Crippen molar-refractivity contribution in [3.8, 4) is 5.75 Å². The summed E-state index contributed by atoms with van der Waals surface area (Å²) >= 11 is 0. The molecule has 2 N–H and O–H groups in total. The van der Waals surface area contributed by atoms with Gasteiger partial charge in [-0.1, -0.05) is 19.9 Å². The van der Waals surface area contributed by atoms with Crippen LogP contribution in [0.2, 0.25) is 0 Å². The molecule has 110 valence electrons. The van der Waals surface area contributed by atoms with E-state index in [1.165, 1.54) is 0 Å². The molecule has 4 heteroatoms. The molecule has 0 radical (unpaired) electrons. The van der Waals surface area contributed by atoms with Gasteiger partial charge >= 0.3 is 0 Å². The van der Waals surface area contributed by atoms with Crippen molar-refractivity contribution >= 4 is 5.69 Å². The molecular formula is C15H27NO3. The summed E-state index contributed by atoms with van der Waals surface area (Å²) in [6.07, 6.45) is 0. The Bertz CT molecular complexity index is 332. The second-order valence-corrected chi connectivity index (χ2v) is 4.10. The average molecular weight is 269 g/mol. The summed E-state index contributed by atoms with van der Waals surface area (Å²) in [7, 11) is 0. The molecule has 1 heterocycles. The predicted octanol–water partition coefficient (Wildman–Crippen LogP) is 3.46. The van der Waals surface area contributed by atoms with Gasteiger partial charge in [0.1, 0.15) is 5.75 Å². The normalized spacial score (nSPS) is 15.6. The minimum absolute atomic E-state index is 0.306. The first-order chi connectivity index (χ1) is 9.03. The molecule has 2 rings (SSSR count). The van der Waals surface area contributed by atoms with Crippen molar-refractivity contribution in [3.63, 3.8) is 0 Å². The molecule has 0 amide bonds. The van der Waals surface area contributed by atoms with E-state index in [2.05, 4.69) is 0 Å². The number of anilines is 1. The van der Waals surface area contributed by atoms with Gasteiger partial charge in [0.25, 0.3) is 0 Å². The Morgan fingerprint density at radius 1 is 1.21 bits per heavy atom. The van der Waals surface area contributed by atoms with Gasteiger partial charge in [0, 0.05) is 11.8 Å². The Morgan fingerprint density at radius 2 is 1.79 bits per heavy atom. The number of nitrogens with two attached hydrogens (primary N) is 1. The molecule has 19 heavy (non-hydrogen) atoms. The number of ether oxygens (including phenoxy) is 3. The third-order valence-corrected chi connectivity index (χ3v) is 2.15. The Hall–Kier alpha value is -1.26. The van der Waals surface area contributed by atoms with Crippen molar-refractivity contribution in [1.82, 2.24) is 0 Å². The third kappa shape index (κ3) is 8.46. The number of rotatable bonds is 2. The van der Waals surface area contributed by atoms with Crippen LogP contribution in [0.5, 0.6) is 5.75 Å². The maximum absolute atomic E-state index is 5.51. The topological polar surface area (TPSA) is 53.7 Å². The number of hydrogen-bond donors (Lipinski definition) is 1. The average Bonchev–Trinajstić information content (AvgIpc) is 2.78. The summed E-state index contributed by atoms with van der Waals surface area (Å²) in [6, 6.07) is 7.41. The summed E-state index contributed by atoms with van der Waals surface area (Å²) in [4.78, 5) is 0. The Morgan fingerprint density at radius 3 is 2.16 bits per heavy atom. The fourth-order valence-electron chi connectivity index (χ4n) is 1.39. The largest absolute Gasteiger partial charge is 0.494 e. The number of hydrogen-bond acceptors (Lipinski definition) is 4. The molecule has 1 saturated heterocycles. The molecule has 1 aliphatic rings. The van der Waals surface area contributed by atoms with Crippen LogP contribution in [0, 0.1) is 0 Å². The molecule has 0 aliphatic carbocycles. The molecule has 1 fully saturated rings. The predicted molar refractivity (Wildman–Crippen MR) is 79.4 cm³/mol. The quantitative estimate of drug-likeness (QED) is 0.835. The van der Waals surface area contributed by atoms with E-state index in [1.807, 2.05) is 58.9 Å². The van der Waals surface area contributed by atoms with Crippen LogP contribution < -0.4 is 10.5 Å². The van der Waals surface area contributed by atoms with Crippen LogP contribution in [-0.2, 0) is 9.47 Å². The highest BCUT2D eigenvalue weighted by atomic mass is 16.7. The molecule has 0 atom stereocenters. The van der Waals surface area contributed by atoms with Gasteiger partial charge in [-0.05, 0) is 32.9 Å². The van der Waals surface area contributed by atoms with E-state index >= 15 is 0 Å². The van der Waals surface area contributed by atoms with Crippen LogP contribution >= 0.6 is 0 Å². The number of nitrogen functional groups attached to an aromatic ring is 1. The van der Waals surface area contributed by atoms with Crippen LogP contribution in [0.3, 0.4) is 0 Å². The summed E-state index contributed by atoms with van der Waals surface area (Å²) in [6.45, 7) is 12.0. The Kier molecular flexibility index (Phi) is 9.00. The van der Waals surface area contributed by atoms with E-state index in [0.717, 1.165) is 24.7 Å². The lowest BCUT2D eigenvalue weighted by Gasteiger charge is -2.13. The zero-order valence-electron chi connectivity index (χ0n) is 12.7. The van der Waals surface area contributed by atoms with Crippen molar-refractivity contribution in [2.75, 3.05) is 25.6 Å². The van der Waals surface area contributed by atoms with Crippen LogP contribution in [0.1, 0.15) is 34.6 Å². The van der Waals surface area contributed by atoms with Crippen LogP contribution in [0.4, 0.5) is 5.69 Å². The van der Waals surface area contributed by atoms with Crippen molar-refractivity contribution in [2.45, 2.75) is 40.4 Å². The third-order valence-electron chi connectivity index (χ3n) is 2.15. The van der Waals surface area contributed by atoms with Crippen molar-refractivity contribution < 1.29 is 14.2 Å². The summed E-state index contributed by atoms with van der Waals surface area (Å²) in [5.74, 6) is 0.530. The standard InChI is InChI=1S/C8H11NO.C5H10O2.C2H6/c1-2-10-8-5-3-4-7(9)6-8;1-5(2)6-3-4-7-5;1-2/h3-6H,2,9H2,1H3;3-4H2,1-2H3;1-2H3. The minimum atomic E-state index is -0.306. The minimum Gasteiger partial charge on any atom is -0.494 e. The molecule has 1 aromatic rings. The molecule has 1 aromatic carbocycles. The summed E-state index contributed by atoms with van der Waals surface area (Å²) in [5.41, 5.74) is 6.25. The van der Waals surface area contributed by atoms with Gasteiger partial charge in [-0.3, -0.25) is 0 Å². The van der Waals surface area contributed by atoms with Crippen LogP contribution in [-0.4, -0.2) is 25.6 Å². The molecule has 0 spiro atoms. The molecule has 0 saturated carbocycles. The van der Waals surface area contributed by atoms with Crippen LogP contribution in [0.25, 0.3) is 0 Å². The van der Waals surface area contributed by atoms with Crippen molar-refractivity contribution in [1.29, 1.82) is 0 Å². The highest BCUT2D eigenvalue weighted by Gasteiger charge is 2.23. The van der Waals surface area contributed by atoms with Crippen LogP contribution in [0.15, 0.2) is 24.3 Å². The second kappa shape index (κ2) is 9.64. The van der Waals surface area contributed by atoms with Crippen molar-refractivity contribution in [2.24, 2.45) is 0 Å². The van der Waals surface area contributed by atoms with Gasteiger partial charge in [0.05, 0.1) is 19.8 Å².